The summed E-state index contributed by atoms with van der Waals surface area (Å²) in [5.74, 6) is 0.465. The van der Waals surface area contributed by atoms with Crippen LogP contribution in [0.25, 0.3) is 0 Å². The van der Waals surface area contributed by atoms with Crippen LogP contribution >= 0.6 is 0 Å². The molecule has 102 valence electrons. The first-order valence-corrected chi connectivity index (χ1v) is 6.60. The highest BCUT2D eigenvalue weighted by atomic mass is 16.4. The summed E-state index contributed by atoms with van der Waals surface area (Å²) in [5, 5.41) is 14.8. The number of nitrogens with two attached hydrogens (primary N) is 1. The average Bonchev–Trinajstić information content (AvgIpc) is 2.92. The molecule has 4 N–H and O–H groups in total. The maximum atomic E-state index is 11.8. The molecule has 1 saturated carbocycles. The fourth-order valence-corrected chi connectivity index (χ4v) is 2.53. The van der Waals surface area contributed by atoms with Gasteiger partial charge in [-0.1, -0.05) is 5.16 Å². The number of hydrogen-bond donors (Lipinski definition) is 3. The van der Waals surface area contributed by atoms with Crippen molar-refractivity contribution in [2.45, 2.75) is 32.1 Å². The van der Waals surface area contributed by atoms with Crippen molar-refractivity contribution in [2.75, 3.05) is 26.2 Å². The minimum Gasteiger partial charge on any atom is -0.409 e. The summed E-state index contributed by atoms with van der Waals surface area (Å²) in [6.07, 6.45) is 5.01. The SMILES string of the molecule is NC(CC1(CNCC(=O)N2CCCC2)CC1)=NO. The Balaban J connectivity index is 1.67. The molecule has 1 heterocycles. The number of rotatable bonds is 6. The Kier molecular flexibility index (Phi) is 4.06. The van der Waals surface area contributed by atoms with Crippen LogP contribution in [0.5, 0.6) is 0 Å². The number of amidine groups is 1. The van der Waals surface area contributed by atoms with Crippen LogP contribution in [0.3, 0.4) is 0 Å². The van der Waals surface area contributed by atoms with Crippen molar-refractivity contribution in [1.29, 1.82) is 0 Å². The van der Waals surface area contributed by atoms with Gasteiger partial charge in [0.1, 0.15) is 5.84 Å². The first kappa shape index (κ1) is 13.1. The maximum Gasteiger partial charge on any atom is 0.236 e. The highest BCUT2D eigenvalue weighted by molar-refractivity contribution is 5.81. The molecule has 6 nitrogen and oxygen atoms in total. The molecule has 6 heteroatoms. The zero-order valence-corrected chi connectivity index (χ0v) is 10.7. The molecule has 18 heavy (non-hydrogen) atoms. The molecule has 1 aliphatic carbocycles. The molecule has 2 fully saturated rings. The van der Waals surface area contributed by atoms with E-state index in [-0.39, 0.29) is 17.2 Å². The molecular formula is C12H22N4O2. The third-order valence-corrected chi connectivity index (χ3v) is 3.88. The number of nitrogens with zero attached hydrogens (tertiary/aromatic N) is 2. The fraction of sp³-hybridized carbons (Fsp3) is 0.833. The van der Waals surface area contributed by atoms with Crippen LogP contribution in [-0.4, -0.2) is 48.0 Å². The molecular weight excluding hydrogens is 232 g/mol. The normalized spacial score (nSPS) is 22.2. The van der Waals surface area contributed by atoms with Gasteiger partial charge in [-0.3, -0.25) is 4.79 Å². The molecule has 0 radical (unpaired) electrons. The van der Waals surface area contributed by atoms with Crippen molar-refractivity contribution in [3.05, 3.63) is 0 Å². The lowest BCUT2D eigenvalue weighted by Gasteiger charge is -2.18. The molecule has 0 bridgehead atoms. The summed E-state index contributed by atoms with van der Waals surface area (Å²) in [4.78, 5) is 13.7. The van der Waals surface area contributed by atoms with Gasteiger partial charge in [-0.2, -0.15) is 0 Å². The number of nitrogens with one attached hydrogen (secondary N) is 1. The van der Waals surface area contributed by atoms with Crippen molar-refractivity contribution in [2.24, 2.45) is 16.3 Å². The zero-order chi connectivity index (χ0) is 13.0. The summed E-state index contributed by atoms with van der Waals surface area (Å²) in [6.45, 7) is 2.96. The molecule has 0 aromatic carbocycles. The molecule has 0 spiro atoms. The number of carbonyl (C=O) groups is 1. The standard InChI is InChI=1S/C12H22N4O2/c13-10(15-18)7-12(3-4-12)9-14-8-11(17)16-5-1-2-6-16/h14,18H,1-9H2,(H2,13,15). The summed E-state index contributed by atoms with van der Waals surface area (Å²) < 4.78 is 0. The van der Waals surface area contributed by atoms with E-state index in [4.69, 9.17) is 10.9 Å². The van der Waals surface area contributed by atoms with Gasteiger partial charge in [0, 0.05) is 26.1 Å². The van der Waals surface area contributed by atoms with E-state index in [9.17, 15) is 4.79 Å². The Morgan fingerprint density at radius 3 is 2.61 bits per heavy atom. The second kappa shape index (κ2) is 5.56. The highest BCUT2D eigenvalue weighted by Gasteiger charge is 2.43. The molecule has 1 aliphatic heterocycles. The Morgan fingerprint density at radius 2 is 2.06 bits per heavy atom. The summed E-state index contributed by atoms with van der Waals surface area (Å²) >= 11 is 0. The predicted molar refractivity (Wildman–Crippen MR) is 68.4 cm³/mol. The molecule has 0 aromatic rings. The van der Waals surface area contributed by atoms with Crippen molar-refractivity contribution in [3.63, 3.8) is 0 Å². The smallest absolute Gasteiger partial charge is 0.236 e. The van der Waals surface area contributed by atoms with E-state index in [1.54, 1.807) is 0 Å². The van der Waals surface area contributed by atoms with Crippen LogP contribution in [0.4, 0.5) is 0 Å². The van der Waals surface area contributed by atoms with Crippen molar-refractivity contribution >= 4 is 11.7 Å². The van der Waals surface area contributed by atoms with E-state index in [1.165, 1.54) is 0 Å². The predicted octanol–water partition coefficient (Wildman–Crippen LogP) is 0.115. The quantitative estimate of drug-likeness (QED) is 0.272. The second-order valence-corrected chi connectivity index (χ2v) is 5.46. The van der Waals surface area contributed by atoms with Gasteiger partial charge >= 0.3 is 0 Å². The highest BCUT2D eigenvalue weighted by Crippen LogP contribution is 2.48. The van der Waals surface area contributed by atoms with E-state index >= 15 is 0 Å². The monoisotopic (exact) mass is 254 g/mol. The lowest BCUT2D eigenvalue weighted by atomic mass is 10.0. The third kappa shape index (κ3) is 3.35. The fourth-order valence-electron chi connectivity index (χ4n) is 2.53. The number of oxime groups is 1. The van der Waals surface area contributed by atoms with Crippen LogP contribution in [0.2, 0.25) is 0 Å². The van der Waals surface area contributed by atoms with Gasteiger partial charge < -0.3 is 21.2 Å². The van der Waals surface area contributed by atoms with Crippen LogP contribution in [-0.2, 0) is 4.79 Å². The maximum absolute atomic E-state index is 11.8. The largest absolute Gasteiger partial charge is 0.409 e. The molecule has 1 saturated heterocycles. The number of likely N-dealkylation sites (tertiary alicyclic amines) is 1. The van der Waals surface area contributed by atoms with Gasteiger partial charge in [0.05, 0.1) is 6.54 Å². The summed E-state index contributed by atoms with van der Waals surface area (Å²) in [7, 11) is 0. The molecule has 0 aromatic heterocycles. The lowest BCUT2D eigenvalue weighted by Crippen LogP contribution is -2.38. The van der Waals surface area contributed by atoms with E-state index in [0.29, 0.717) is 13.0 Å². The Labute approximate surface area is 107 Å². The van der Waals surface area contributed by atoms with E-state index < -0.39 is 0 Å². The zero-order valence-electron chi connectivity index (χ0n) is 10.7. The third-order valence-electron chi connectivity index (χ3n) is 3.88. The lowest BCUT2D eigenvalue weighted by molar-refractivity contribution is -0.129. The van der Waals surface area contributed by atoms with Gasteiger partial charge in [-0.05, 0) is 31.1 Å². The van der Waals surface area contributed by atoms with Gasteiger partial charge in [0.2, 0.25) is 5.91 Å². The average molecular weight is 254 g/mol. The first-order valence-electron chi connectivity index (χ1n) is 6.60. The molecule has 2 aliphatic rings. The van der Waals surface area contributed by atoms with Gasteiger partial charge in [-0.25, -0.2) is 0 Å². The van der Waals surface area contributed by atoms with E-state index in [2.05, 4.69) is 10.5 Å². The van der Waals surface area contributed by atoms with Crippen LogP contribution in [0.15, 0.2) is 5.16 Å². The topological polar surface area (TPSA) is 91.0 Å². The van der Waals surface area contributed by atoms with Gasteiger partial charge in [-0.15, -0.1) is 0 Å². The Bertz CT molecular complexity index is 333. The molecule has 2 rings (SSSR count). The van der Waals surface area contributed by atoms with E-state index in [0.717, 1.165) is 45.3 Å². The number of hydrogen-bond acceptors (Lipinski definition) is 4. The Morgan fingerprint density at radius 1 is 1.39 bits per heavy atom. The van der Waals surface area contributed by atoms with Gasteiger partial charge in [0.25, 0.3) is 0 Å². The van der Waals surface area contributed by atoms with Gasteiger partial charge in [0.15, 0.2) is 0 Å². The number of carbonyl (C=O) groups excluding carboxylic acids is 1. The van der Waals surface area contributed by atoms with Crippen LogP contribution in [0, 0.1) is 5.41 Å². The van der Waals surface area contributed by atoms with Crippen molar-refractivity contribution in [1.82, 2.24) is 10.2 Å². The summed E-state index contributed by atoms with van der Waals surface area (Å²) in [6, 6.07) is 0. The minimum atomic E-state index is 0.113. The molecule has 0 unspecified atom stereocenters. The Hall–Kier alpha value is -1.30. The molecule has 0 atom stereocenters. The van der Waals surface area contributed by atoms with Crippen molar-refractivity contribution < 1.29 is 10.0 Å². The van der Waals surface area contributed by atoms with Crippen LogP contribution in [0.1, 0.15) is 32.1 Å². The van der Waals surface area contributed by atoms with Crippen molar-refractivity contribution in [3.8, 4) is 0 Å². The second-order valence-electron chi connectivity index (χ2n) is 5.46. The molecule has 1 amide bonds. The first-order chi connectivity index (χ1) is 8.65. The van der Waals surface area contributed by atoms with Crippen LogP contribution < -0.4 is 11.1 Å². The number of amides is 1. The van der Waals surface area contributed by atoms with E-state index in [1.807, 2.05) is 4.90 Å². The summed E-state index contributed by atoms with van der Waals surface area (Å²) in [5.41, 5.74) is 5.64. The minimum absolute atomic E-state index is 0.113.